The molecule has 0 saturated carbocycles. The molecule has 1 heterocycles. The second kappa shape index (κ2) is 1.44. The molecule has 2 aliphatic rings. The van der Waals surface area contributed by atoms with Crippen LogP contribution in [-0.2, 0) is 4.74 Å². The van der Waals surface area contributed by atoms with E-state index in [0.717, 1.165) is 6.26 Å². The summed E-state index contributed by atoms with van der Waals surface area (Å²) >= 11 is 0. The summed E-state index contributed by atoms with van der Waals surface area (Å²) in [4.78, 5) is 0. The smallest absolute Gasteiger partial charge is 0.201 e. The van der Waals surface area contributed by atoms with Crippen LogP contribution in [-0.4, -0.2) is 15.8 Å². The van der Waals surface area contributed by atoms with Gasteiger partial charge in [0.05, 0.1) is 0 Å². The lowest BCUT2D eigenvalue weighted by Crippen LogP contribution is -2.25. The fourth-order valence-corrected chi connectivity index (χ4v) is 1.03. The van der Waals surface area contributed by atoms with Crippen LogP contribution in [0.1, 0.15) is 0 Å². The molecule has 52 valence electrons. The Morgan fingerprint density at radius 3 is 3.00 bits per heavy atom. The summed E-state index contributed by atoms with van der Waals surface area (Å²) < 4.78 is 4.83. The van der Waals surface area contributed by atoms with Crippen molar-refractivity contribution in [2.24, 2.45) is 0 Å². The number of aliphatic hydroxyl groups is 2. The number of ether oxygens (including phenoxy) is 1. The van der Waals surface area contributed by atoms with Crippen LogP contribution in [0.3, 0.4) is 0 Å². The third-order valence-corrected chi connectivity index (χ3v) is 1.65. The first kappa shape index (κ1) is 5.56. The van der Waals surface area contributed by atoms with E-state index in [-0.39, 0.29) is 5.76 Å². The minimum atomic E-state index is -1.36. The van der Waals surface area contributed by atoms with E-state index in [1.165, 1.54) is 6.08 Å². The lowest BCUT2D eigenvalue weighted by Gasteiger charge is -2.13. The van der Waals surface area contributed by atoms with E-state index in [1.54, 1.807) is 12.2 Å². The predicted octanol–water partition coefficient (Wildman–Crippen LogP) is 0.601. The molecule has 0 radical (unpaired) electrons. The molecule has 1 atom stereocenters. The van der Waals surface area contributed by atoms with E-state index in [4.69, 9.17) is 9.84 Å². The fraction of sp³-hybridized carbons (Fsp3) is 0.143. The highest BCUT2D eigenvalue weighted by Gasteiger charge is 2.42. The molecule has 0 amide bonds. The number of hydrogen-bond acceptors (Lipinski definition) is 3. The predicted molar refractivity (Wildman–Crippen MR) is 34.0 cm³/mol. The Morgan fingerprint density at radius 2 is 2.30 bits per heavy atom. The van der Waals surface area contributed by atoms with Gasteiger partial charge in [-0.2, -0.15) is 0 Å². The molecule has 0 aromatic carbocycles. The second-order valence-electron chi connectivity index (χ2n) is 2.28. The van der Waals surface area contributed by atoms with E-state index in [2.05, 4.69) is 0 Å². The first-order valence-electron chi connectivity index (χ1n) is 2.92. The summed E-state index contributed by atoms with van der Waals surface area (Å²) in [6, 6.07) is 0. The molecule has 0 spiro atoms. The van der Waals surface area contributed by atoms with Gasteiger partial charge in [-0.05, 0) is 12.2 Å². The number of fused-ring (bicyclic) bond motifs is 1. The van der Waals surface area contributed by atoms with E-state index >= 15 is 0 Å². The average Bonchev–Trinajstić information content (AvgIpc) is 2.36. The van der Waals surface area contributed by atoms with Crippen molar-refractivity contribution in [1.82, 2.24) is 0 Å². The molecule has 0 bridgehead atoms. The van der Waals surface area contributed by atoms with Crippen LogP contribution in [0, 0.1) is 0 Å². The zero-order valence-corrected chi connectivity index (χ0v) is 5.11. The molecule has 10 heavy (non-hydrogen) atoms. The molecule has 1 aliphatic heterocycles. The molecule has 2 N–H and O–H groups in total. The van der Waals surface area contributed by atoms with Crippen molar-refractivity contribution in [3.05, 3.63) is 36.0 Å². The highest BCUT2D eigenvalue weighted by atomic mass is 16.5. The van der Waals surface area contributed by atoms with Gasteiger partial charge >= 0.3 is 0 Å². The normalized spacial score (nSPS) is 34.9. The lowest BCUT2D eigenvalue weighted by molar-refractivity contribution is 0.103. The van der Waals surface area contributed by atoms with Gasteiger partial charge in [-0.15, -0.1) is 0 Å². The first-order chi connectivity index (χ1) is 4.73. The maximum Gasteiger partial charge on any atom is 0.201 e. The minimum absolute atomic E-state index is 0.160. The molecule has 0 fully saturated rings. The van der Waals surface area contributed by atoms with Crippen LogP contribution in [0.2, 0.25) is 0 Å². The van der Waals surface area contributed by atoms with E-state index < -0.39 is 5.60 Å². The fourth-order valence-electron chi connectivity index (χ4n) is 1.03. The second-order valence-corrected chi connectivity index (χ2v) is 2.28. The summed E-state index contributed by atoms with van der Waals surface area (Å²) in [6.45, 7) is 0. The Labute approximate surface area is 57.6 Å². The van der Waals surface area contributed by atoms with Gasteiger partial charge in [-0.3, -0.25) is 0 Å². The Kier molecular flexibility index (Phi) is 0.798. The summed E-state index contributed by atoms with van der Waals surface area (Å²) in [7, 11) is 0. The quantitative estimate of drug-likeness (QED) is 0.515. The Morgan fingerprint density at radius 1 is 1.50 bits per heavy atom. The molecular formula is C7H6O3. The van der Waals surface area contributed by atoms with Gasteiger partial charge in [0.25, 0.3) is 0 Å². The van der Waals surface area contributed by atoms with Crippen LogP contribution in [0.4, 0.5) is 0 Å². The Balaban J connectivity index is 2.51. The SMILES string of the molecule is OC1=COC2=CC=CC12O. The van der Waals surface area contributed by atoms with Crippen molar-refractivity contribution in [3.63, 3.8) is 0 Å². The Hall–Kier alpha value is -1.22. The van der Waals surface area contributed by atoms with Gasteiger partial charge in [0.15, 0.2) is 5.76 Å². The van der Waals surface area contributed by atoms with Crippen LogP contribution in [0.25, 0.3) is 0 Å². The van der Waals surface area contributed by atoms with Crippen molar-refractivity contribution in [2.45, 2.75) is 5.60 Å². The van der Waals surface area contributed by atoms with Crippen molar-refractivity contribution in [3.8, 4) is 0 Å². The standard InChI is InChI=1S/C7H6O3/c8-5-4-10-6-2-1-3-7(5,6)9/h1-4,8-9H. The maximum absolute atomic E-state index is 9.50. The topological polar surface area (TPSA) is 49.7 Å². The van der Waals surface area contributed by atoms with Crippen molar-refractivity contribution in [1.29, 1.82) is 0 Å². The van der Waals surface area contributed by atoms with Crippen LogP contribution >= 0.6 is 0 Å². The molecule has 1 aliphatic carbocycles. The number of rotatable bonds is 0. The molecule has 3 nitrogen and oxygen atoms in total. The molecule has 0 aromatic heterocycles. The van der Waals surface area contributed by atoms with E-state index in [0.29, 0.717) is 5.76 Å². The zero-order valence-electron chi connectivity index (χ0n) is 5.11. The minimum Gasteiger partial charge on any atom is -0.506 e. The van der Waals surface area contributed by atoms with Crippen molar-refractivity contribution in [2.75, 3.05) is 0 Å². The van der Waals surface area contributed by atoms with Gasteiger partial charge in [0.1, 0.15) is 12.0 Å². The third-order valence-electron chi connectivity index (χ3n) is 1.65. The molecule has 0 aromatic rings. The third kappa shape index (κ3) is 0.436. The molecule has 2 rings (SSSR count). The highest BCUT2D eigenvalue weighted by Crippen LogP contribution is 2.36. The summed E-state index contributed by atoms with van der Waals surface area (Å²) in [5.41, 5.74) is -1.36. The molecule has 1 unspecified atom stereocenters. The summed E-state index contributed by atoms with van der Waals surface area (Å²) in [6.07, 6.45) is 5.86. The van der Waals surface area contributed by atoms with Gasteiger partial charge in [-0.1, -0.05) is 6.08 Å². The van der Waals surface area contributed by atoms with Gasteiger partial charge in [-0.25, -0.2) is 0 Å². The highest BCUT2D eigenvalue weighted by molar-refractivity contribution is 5.43. The van der Waals surface area contributed by atoms with Gasteiger partial charge in [0, 0.05) is 0 Å². The van der Waals surface area contributed by atoms with Crippen molar-refractivity contribution < 1.29 is 14.9 Å². The van der Waals surface area contributed by atoms with E-state index in [9.17, 15) is 5.11 Å². The Bertz CT molecular complexity index is 262. The van der Waals surface area contributed by atoms with Gasteiger partial charge in [0.2, 0.25) is 5.60 Å². The van der Waals surface area contributed by atoms with Crippen LogP contribution < -0.4 is 0 Å². The summed E-state index contributed by atoms with van der Waals surface area (Å²) in [5, 5.41) is 18.6. The average molecular weight is 138 g/mol. The molecule has 3 heteroatoms. The molecular weight excluding hydrogens is 132 g/mol. The van der Waals surface area contributed by atoms with E-state index in [1.807, 2.05) is 0 Å². The largest absolute Gasteiger partial charge is 0.506 e. The molecule has 0 saturated heterocycles. The van der Waals surface area contributed by atoms with Crippen molar-refractivity contribution >= 4 is 0 Å². The monoisotopic (exact) mass is 138 g/mol. The first-order valence-corrected chi connectivity index (χ1v) is 2.92. The summed E-state index contributed by atoms with van der Waals surface area (Å²) in [5.74, 6) is 0.206. The lowest BCUT2D eigenvalue weighted by atomic mass is 10.1. The van der Waals surface area contributed by atoms with Crippen LogP contribution in [0.15, 0.2) is 36.0 Å². The van der Waals surface area contributed by atoms with Crippen LogP contribution in [0.5, 0.6) is 0 Å². The number of hydrogen-bond donors (Lipinski definition) is 2. The zero-order chi connectivity index (χ0) is 7.19. The van der Waals surface area contributed by atoms with Gasteiger partial charge < -0.3 is 14.9 Å². The number of allylic oxidation sites excluding steroid dienone is 2. The maximum atomic E-state index is 9.50. The number of aliphatic hydroxyl groups excluding tert-OH is 1.